The van der Waals surface area contributed by atoms with Crippen LogP contribution in [0.15, 0.2) is 24.3 Å². The second-order valence-corrected chi connectivity index (χ2v) is 5.55. The quantitative estimate of drug-likeness (QED) is 0.902. The average molecular weight is 310 g/mol. The summed E-state index contributed by atoms with van der Waals surface area (Å²) < 4.78 is 0. The summed E-state index contributed by atoms with van der Waals surface area (Å²) in [4.78, 5) is 25.4. The number of carbonyl (C=O) groups excluding carboxylic acids is 2. The van der Waals surface area contributed by atoms with Crippen LogP contribution < -0.4 is 10.6 Å². The molecule has 0 spiro atoms. The number of rotatable bonds is 3. The van der Waals surface area contributed by atoms with Gasteiger partial charge in [-0.05, 0) is 31.0 Å². The van der Waals surface area contributed by atoms with E-state index in [-0.39, 0.29) is 18.0 Å². The van der Waals surface area contributed by atoms with Crippen molar-refractivity contribution in [1.82, 2.24) is 10.2 Å². The summed E-state index contributed by atoms with van der Waals surface area (Å²) in [6.07, 6.45) is 2.11. The van der Waals surface area contributed by atoms with E-state index in [0.29, 0.717) is 30.2 Å². The van der Waals surface area contributed by atoms with Gasteiger partial charge in [-0.15, -0.1) is 0 Å². The summed E-state index contributed by atoms with van der Waals surface area (Å²) in [7, 11) is 0. The van der Waals surface area contributed by atoms with Crippen LogP contribution in [0.1, 0.15) is 26.2 Å². The van der Waals surface area contributed by atoms with Crippen molar-refractivity contribution in [1.29, 1.82) is 0 Å². The van der Waals surface area contributed by atoms with Gasteiger partial charge >= 0.3 is 6.03 Å². The Morgan fingerprint density at radius 2 is 2.05 bits per heavy atom. The zero-order valence-corrected chi connectivity index (χ0v) is 12.8. The summed E-state index contributed by atoms with van der Waals surface area (Å²) >= 11 is 5.87. The molecule has 2 N–H and O–H groups in total. The summed E-state index contributed by atoms with van der Waals surface area (Å²) in [6, 6.07) is 6.89. The van der Waals surface area contributed by atoms with Crippen LogP contribution in [0.4, 0.5) is 10.5 Å². The van der Waals surface area contributed by atoms with Crippen LogP contribution in [0.2, 0.25) is 5.02 Å². The van der Waals surface area contributed by atoms with Gasteiger partial charge in [0.15, 0.2) is 0 Å². The standard InChI is InChI=1S/C15H20ClN3O2/c1-2-14(20)19-8-6-12(7-9-19)17-15(21)18-13-5-3-4-11(16)10-13/h3-5,10,12H,2,6-9H2,1H3,(H2,17,18,21). The molecule has 0 bridgehead atoms. The van der Waals surface area contributed by atoms with Crippen LogP contribution >= 0.6 is 11.6 Å². The highest BCUT2D eigenvalue weighted by Gasteiger charge is 2.22. The number of nitrogens with one attached hydrogen (secondary N) is 2. The Morgan fingerprint density at radius 1 is 1.33 bits per heavy atom. The fourth-order valence-corrected chi connectivity index (χ4v) is 2.61. The van der Waals surface area contributed by atoms with Crippen LogP contribution in [0.5, 0.6) is 0 Å². The van der Waals surface area contributed by atoms with Crippen molar-refractivity contribution in [3.05, 3.63) is 29.3 Å². The van der Waals surface area contributed by atoms with Crippen molar-refractivity contribution in [3.8, 4) is 0 Å². The number of likely N-dealkylation sites (tertiary alicyclic amines) is 1. The highest BCUT2D eigenvalue weighted by Crippen LogP contribution is 2.15. The fourth-order valence-electron chi connectivity index (χ4n) is 2.42. The summed E-state index contributed by atoms with van der Waals surface area (Å²) in [5, 5.41) is 6.28. The Labute approximate surface area is 129 Å². The molecule has 1 aromatic carbocycles. The third-order valence-corrected chi connectivity index (χ3v) is 3.80. The second kappa shape index (κ2) is 7.31. The molecular formula is C15H20ClN3O2. The lowest BCUT2D eigenvalue weighted by Gasteiger charge is -2.32. The third kappa shape index (κ3) is 4.63. The number of anilines is 1. The topological polar surface area (TPSA) is 61.4 Å². The zero-order valence-electron chi connectivity index (χ0n) is 12.1. The van der Waals surface area contributed by atoms with Crippen LogP contribution in [0, 0.1) is 0 Å². The first-order valence-electron chi connectivity index (χ1n) is 7.19. The summed E-state index contributed by atoms with van der Waals surface area (Å²) in [5.74, 6) is 0.178. The number of amides is 3. The summed E-state index contributed by atoms with van der Waals surface area (Å²) in [6.45, 7) is 3.27. The number of carbonyl (C=O) groups is 2. The lowest BCUT2D eigenvalue weighted by molar-refractivity contribution is -0.131. The monoisotopic (exact) mass is 309 g/mol. The maximum absolute atomic E-state index is 11.9. The highest BCUT2D eigenvalue weighted by molar-refractivity contribution is 6.30. The zero-order chi connectivity index (χ0) is 15.2. The fraction of sp³-hybridized carbons (Fsp3) is 0.467. The Balaban J connectivity index is 1.78. The normalized spacial score (nSPS) is 15.6. The number of urea groups is 1. The minimum absolute atomic E-state index is 0.102. The molecule has 0 unspecified atom stereocenters. The van der Waals surface area contributed by atoms with Crippen molar-refractivity contribution < 1.29 is 9.59 Å². The number of piperidine rings is 1. The smallest absolute Gasteiger partial charge is 0.319 e. The first-order chi connectivity index (χ1) is 10.1. The molecule has 0 saturated carbocycles. The molecule has 0 radical (unpaired) electrons. The van der Waals surface area contributed by atoms with Crippen LogP contribution in [-0.4, -0.2) is 36.0 Å². The van der Waals surface area contributed by atoms with Gasteiger partial charge in [0, 0.05) is 36.3 Å². The van der Waals surface area contributed by atoms with E-state index in [4.69, 9.17) is 11.6 Å². The van der Waals surface area contributed by atoms with E-state index in [1.54, 1.807) is 24.3 Å². The van der Waals surface area contributed by atoms with E-state index >= 15 is 0 Å². The number of hydrogen-bond donors (Lipinski definition) is 2. The predicted octanol–water partition coefficient (Wildman–Crippen LogP) is 2.86. The van der Waals surface area contributed by atoms with Crippen molar-refractivity contribution in [2.75, 3.05) is 18.4 Å². The SMILES string of the molecule is CCC(=O)N1CCC(NC(=O)Nc2cccc(Cl)c2)CC1. The third-order valence-electron chi connectivity index (χ3n) is 3.57. The molecule has 2 rings (SSSR count). The predicted molar refractivity (Wildman–Crippen MR) is 83.5 cm³/mol. The van der Waals surface area contributed by atoms with Crippen LogP contribution in [-0.2, 0) is 4.79 Å². The van der Waals surface area contributed by atoms with E-state index in [0.717, 1.165) is 12.8 Å². The molecular weight excluding hydrogens is 290 g/mol. The van der Waals surface area contributed by atoms with Gasteiger partial charge in [-0.3, -0.25) is 4.79 Å². The van der Waals surface area contributed by atoms with Gasteiger partial charge in [0.2, 0.25) is 5.91 Å². The largest absolute Gasteiger partial charge is 0.343 e. The van der Waals surface area contributed by atoms with Gasteiger partial charge in [0.25, 0.3) is 0 Å². The minimum atomic E-state index is -0.238. The lowest BCUT2D eigenvalue weighted by Crippen LogP contribution is -2.47. The highest BCUT2D eigenvalue weighted by atomic mass is 35.5. The molecule has 0 aliphatic carbocycles. The lowest BCUT2D eigenvalue weighted by atomic mass is 10.1. The number of hydrogen-bond acceptors (Lipinski definition) is 2. The molecule has 1 aromatic rings. The molecule has 3 amide bonds. The minimum Gasteiger partial charge on any atom is -0.343 e. The van der Waals surface area contributed by atoms with E-state index in [9.17, 15) is 9.59 Å². The van der Waals surface area contributed by atoms with Gasteiger partial charge < -0.3 is 15.5 Å². The molecule has 114 valence electrons. The van der Waals surface area contributed by atoms with Crippen molar-refractivity contribution in [2.24, 2.45) is 0 Å². The van der Waals surface area contributed by atoms with Crippen molar-refractivity contribution >= 4 is 29.2 Å². The maximum Gasteiger partial charge on any atom is 0.319 e. The first-order valence-corrected chi connectivity index (χ1v) is 7.57. The Bertz CT molecular complexity index is 513. The van der Waals surface area contributed by atoms with Gasteiger partial charge in [0.05, 0.1) is 0 Å². The first kappa shape index (κ1) is 15.6. The van der Waals surface area contributed by atoms with E-state index < -0.39 is 0 Å². The second-order valence-electron chi connectivity index (χ2n) is 5.12. The van der Waals surface area contributed by atoms with Crippen LogP contribution in [0.25, 0.3) is 0 Å². The molecule has 6 heteroatoms. The van der Waals surface area contributed by atoms with Gasteiger partial charge in [-0.2, -0.15) is 0 Å². The Hall–Kier alpha value is -1.75. The molecule has 21 heavy (non-hydrogen) atoms. The van der Waals surface area contributed by atoms with Crippen molar-refractivity contribution in [3.63, 3.8) is 0 Å². The summed E-state index contributed by atoms with van der Waals surface area (Å²) in [5.41, 5.74) is 0.665. The van der Waals surface area contributed by atoms with Gasteiger partial charge in [-0.25, -0.2) is 4.79 Å². The number of benzene rings is 1. The molecule has 1 aliphatic heterocycles. The van der Waals surface area contributed by atoms with E-state index in [1.807, 2.05) is 11.8 Å². The molecule has 0 atom stereocenters. The number of halogens is 1. The van der Waals surface area contributed by atoms with E-state index in [2.05, 4.69) is 10.6 Å². The van der Waals surface area contributed by atoms with E-state index in [1.165, 1.54) is 0 Å². The molecule has 1 aliphatic rings. The van der Waals surface area contributed by atoms with Gasteiger partial charge in [0.1, 0.15) is 0 Å². The molecule has 0 aromatic heterocycles. The van der Waals surface area contributed by atoms with Gasteiger partial charge in [-0.1, -0.05) is 24.6 Å². The van der Waals surface area contributed by atoms with Crippen LogP contribution in [0.3, 0.4) is 0 Å². The molecule has 1 fully saturated rings. The number of nitrogens with zero attached hydrogens (tertiary/aromatic N) is 1. The Kier molecular flexibility index (Phi) is 5.44. The average Bonchev–Trinajstić information content (AvgIpc) is 2.47. The maximum atomic E-state index is 11.9. The molecule has 1 heterocycles. The molecule has 5 nitrogen and oxygen atoms in total. The molecule has 1 saturated heterocycles. The van der Waals surface area contributed by atoms with Crippen molar-refractivity contribution in [2.45, 2.75) is 32.2 Å². The Morgan fingerprint density at radius 3 is 2.67 bits per heavy atom.